The van der Waals surface area contributed by atoms with Crippen molar-refractivity contribution >= 4 is 17.7 Å². The normalized spacial score (nSPS) is 24.0. The standard InChI is InChI=1S/C20H26FN3O3/c1-13(20(27)24-10-4-3-5-11-24)22-19(26)16-12-17(25)23(2)18(16)14-6-8-15(21)9-7-14/h6-9,13,16,18H,3-5,10-12H2,1-2H3,(H,22,26). The van der Waals surface area contributed by atoms with Crippen molar-refractivity contribution < 1.29 is 18.8 Å². The summed E-state index contributed by atoms with van der Waals surface area (Å²) in [5.74, 6) is -1.52. The van der Waals surface area contributed by atoms with E-state index in [0.717, 1.165) is 32.4 Å². The van der Waals surface area contributed by atoms with Crippen molar-refractivity contribution in [2.24, 2.45) is 5.92 Å². The van der Waals surface area contributed by atoms with Gasteiger partial charge in [0, 0.05) is 26.6 Å². The highest BCUT2D eigenvalue weighted by atomic mass is 19.1. The molecule has 7 heteroatoms. The zero-order chi connectivity index (χ0) is 19.6. The quantitative estimate of drug-likeness (QED) is 0.873. The molecular formula is C20H26FN3O3. The second kappa shape index (κ2) is 8.06. The molecule has 2 fully saturated rings. The van der Waals surface area contributed by atoms with E-state index in [1.807, 2.05) is 0 Å². The Hall–Kier alpha value is -2.44. The molecule has 6 nitrogen and oxygen atoms in total. The van der Waals surface area contributed by atoms with E-state index in [0.29, 0.717) is 5.56 Å². The Bertz CT molecular complexity index is 716. The lowest BCUT2D eigenvalue weighted by Crippen LogP contribution is -2.50. The summed E-state index contributed by atoms with van der Waals surface area (Å²) in [5, 5.41) is 2.79. The van der Waals surface area contributed by atoms with Crippen LogP contribution >= 0.6 is 0 Å². The Balaban J connectivity index is 1.70. The number of rotatable bonds is 4. The fraction of sp³-hybridized carbons (Fsp3) is 0.550. The number of hydrogen-bond acceptors (Lipinski definition) is 3. The molecule has 3 atom stereocenters. The molecule has 0 spiro atoms. The number of carbonyl (C=O) groups is 3. The zero-order valence-corrected chi connectivity index (χ0v) is 15.8. The van der Waals surface area contributed by atoms with Crippen LogP contribution in [0, 0.1) is 11.7 Å². The molecule has 0 bridgehead atoms. The summed E-state index contributed by atoms with van der Waals surface area (Å²) < 4.78 is 13.2. The van der Waals surface area contributed by atoms with Gasteiger partial charge in [-0.3, -0.25) is 14.4 Å². The van der Waals surface area contributed by atoms with Gasteiger partial charge >= 0.3 is 0 Å². The number of halogens is 1. The van der Waals surface area contributed by atoms with Gasteiger partial charge in [-0.15, -0.1) is 0 Å². The maximum Gasteiger partial charge on any atom is 0.244 e. The fourth-order valence-corrected chi connectivity index (χ4v) is 3.99. The average Bonchev–Trinajstić information content (AvgIpc) is 2.97. The molecule has 1 aromatic carbocycles. The number of nitrogens with one attached hydrogen (secondary N) is 1. The number of piperidine rings is 1. The van der Waals surface area contributed by atoms with Crippen molar-refractivity contribution in [1.29, 1.82) is 0 Å². The van der Waals surface area contributed by atoms with Crippen molar-refractivity contribution in [3.05, 3.63) is 35.6 Å². The minimum atomic E-state index is -0.634. The van der Waals surface area contributed by atoms with Gasteiger partial charge in [0.2, 0.25) is 17.7 Å². The zero-order valence-electron chi connectivity index (χ0n) is 15.8. The van der Waals surface area contributed by atoms with E-state index in [1.54, 1.807) is 31.0 Å². The van der Waals surface area contributed by atoms with Crippen LogP contribution in [-0.4, -0.2) is 53.7 Å². The largest absolute Gasteiger partial charge is 0.344 e. The van der Waals surface area contributed by atoms with E-state index in [4.69, 9.17) is 0 Å². The minimum Gasteiger partial charge on any atom is -0.344 e. The van der Waals surface area contributed by atoms with Crippen molar-refractivity contribution in [2.75, 3.05) is 20.1 Å². The maximum absolute atomic E-state index is 13.2. The van der Waals surface area contributed by atoms with Gasteiger partial charge in [0.25, 0.3) is 0 Å². The van der Waals surface area contributed by atoms with Crippen LogP contribution in [0.4, 0.5) is 4.39 Å². The number of amides is 3. The summed E-state index contributed by atoms with van der Waals surface area (Å²) in [4.78, 5) is 40.9. The number of hydrogen-bond donors (Lipinski definition) is 1. The lowest BCUT2D eigenvalue weighted by atomic mass is 9.92. The molecule has 3 rings (SSSR count). The predicted octanol–water partition coefficient (Wildman–Crippen LogP) is 1.86. The summed E-state index contributed by atoms with van der Waals surface area (Å²) >= 11 is 0. The smallest absolute Gasteiger partial charge is 0.244 e. The average molecular weight is 375 g/mol. The molecule has 0 saturated carbocycles. The van der Waals surface area contributed by atoms with Gasteiger partial charge in [-0.2, -0.15) is 0 Å². The third-order valence-electron chi connectivity index (χ3n) is 5.53. The minimum absolute atomic E-state index is 0.0784. The summed E-state index contributed by atoms with van der Waals surface area (Å²) in [7, 11) is 1.64. The molecule has 2 aliphatic heterocycles. The fourth-order valence-electron chi connectivity index (χ4n) is 3.99. The third-order valence-corrected chi connectivity index (χ3v) is 5.53. The van der Waals surface area contributed by atoms with E-state index in [2.05, 4.69) is 5.32 Å². The molecule has 2 saturated heterocycles. The maximum atomic E-state index is 13.2. The molecular weight excluding hydrogens is 349 g/mol. The van der Waals surface area contributed by atoms with E-state index in [-0.39, 0.29) is 30.0 Å². The number of nitrogens with zero attached hydrogens (tertiary/aromatic N) is 2. The Kier molecular flexibility index (Phi) is 5.77. The van der Waals surface area contributed by atoms with Gasteiger partial charge in [-0.05, 0) is 43.9 Å². The van der Waals surface area contributed by atoms with Crippen LogP contribution in [0.2, 0.25) is 0 Å². The molecule has 0 aromatic heterocycles. The first-order chi connectivity index (χ1) is 12.9. The topological polar surface area (TPSA) is 69.7 Å². The van der Waals surface area contributed by atoms with Gasteiger partial charge in [-0.25, -0.2) is 4.39 Å². The second-order valence-corrected chi connectivity index (χ2v) is 7.43. The van der Waals surface area contributed by atoms with Gasteiger partial charge in [-0.1, -0.05) is 12.1 Å². The Morgan fingerprint density at radius 1 is 1.15 bits per heavy atom. The van der Waals surface area contributed by atoms with Gasteiger partial charge in [0.1, 0.15) is 11.9 Å². The highest BCUT2D eigenvalue weighted by Crippen LogP contribution is 2.37. The van der Waals surface area contributed by atoms with Gasteiger partial charge in [0.15, 0.2) is 0 Å². The lowest BCUT2D eigenvalue weighted by Gasteiger charge is -2.30. The summed E-state index contributed by atoms with van der Waals surface area (Å²) in [6.45, 7) is 3.13. The number of likely N-dealkylation sites (tertiary alicyclic amines) is 2. The van der Waals surface area contributed by atoms with E-state index in [1.165, 1.54) is 17.0 Å². The van der Waals surface area contributed by atoms with Crippen molar-refractivity contribution in [3.8, 4) is 0 Å². The molecule has 3 unspecified atom stereocenters. The third kappa shape index (κ3) is 4.12. The first-order valence-electron chi connectivity index (χ1n) is 9.48. The second-order valence-electron chi connectivity index (χ2n) is 7.43. The Morgan fingerprint density at radius 3 is 2.41 bits per heavy atom. The van der Waals surface area contributed by atoms with Crippen LogP contribution in [0.1, 0.15) is 44.2 Å². The van der Waals surface area contributed by atoms with Gasteiger partial charge in [0.05, 0.1) is 12.0 Å². The Morgan fingerprint density at radius 2 is 1.78 bits per heavy atom. The van der Waals surface area contributed by atoms with E-state index in [9.17, 15) is 18.8 Å². The highest BCUT2D eigenvalue weighted by molar-refractivity contribution is 5.93. The lowest BCUT2D eigenvalue weighted by molar-refractivity contribution is -0.137. The molecule has 2 aliphatic rings. The molecule has 0 aliphatic carbocycles. The molecule has 0 radical (unpaired) electrons. The van der Waals surface area contributed by atoms with Crippen LogP contribution in [0.15, 0.2) is 24.3 Å². The first kappa shape index (κ1) is 19.3. The summed E-state index contributed by atoms with van der Waals surface area (Å²) in [6.07, 6.45) is 3.18. The SMILES string of the molecule is CC(NC(=O)C1CC(=O)N(C)C1c1ccc(F)cc1)C(=O)N1CCCCC1. The van der Waals surface area contributed by atoms with Crippen LogP contribution in [-0.2, 0) is 14.4 Å². The molecule has 3 amide bonds. The molecule has 146 valence electrons. The van der Waals surface area contributed by atoms with E-state index < -0.39 is 18.0 Å². The molecule has 27 heavy (non-hydrogen) atoms. The molecule has 2 heterocycles. The highest BCUT2D eigenvalue weighted by Gasteiger charge is 2.43. The van der Waals surface area contributed by atoms with Crippen LogP contribution in [0.3, 0.4) is 0 Å². The predicted molar refractivity (Wildman–Crippen MR) is 98.1 cm³/mol. The van der Waals surface area contributed by atoms with Gasteiger partial charge < -0.3 is 15.1 Å². The van der Waals surface area contributed by atoms with Crippen LogP contribution < -0.4 is 5.32 Å². The van der Waals surface area contributed by atoms with Crippen LogP contribution in [0.5, 0.6) is 0 Å². The first-order valence-corrected chi connectivity index (χ1v) is 9.48. The number of carbonyl (C=O) groups excluding carboxylic acids is 3. The molecule has 1 aromatic rings. The number of benzene rings is 1. The summed E-state index contributed by atoms with van der Waals surface area (Å²) in [6, 6.07) is 4.74. The van der Waals surface area contributed by atoms with Crippen LogP contribution in [0.25, 0.3) is 0 Å². The van der Waals surface area contributed by atoms with Crippen molar-refractivity contribution in [2.45, 2.75) is 44.7 Å². The molecule has 1 N–H and O–H groups in total. The van der Waals surface area contributed by atoms with E-state index >= 15 is 0 Å². The van der Waals surface area contributed by atoms with Crippen molar-refractivity contribution in [1.82, 2.24) is 15.1 Å². The Labute approximate surface area is 158 Å². The monoisotopic (exact) mass is 375 g/mol. The summed E-state index contributed by atoms with van der Waals surface area (Å²) in [5.41, 5.74) is 0.708. The van der Waals surface area contributed by atoms with Crippen molar-refractivity contribution in [3.63, 3.8) is 0 Å².